The van der Waals surface area contributed by atoms with Crippen LogP contribution in [0.4, 0.5) is 5.82 Å². The molecule has 4 nitrogen and oxygen atoms in total. The Morgan fingerprint density at radius 1 is 1.42 bits per heavy atom. The van der Waals surface area contributed by atoms with Crippen LogP contribution in [0.1, 0.15) is 23.0 Å². The first-order chi connectivity index (χ1) is 9.28. The van der Waals surface area contributed by atoms with Crippen LogP contribution in [0.5, 0.6) is 0 Å². The summed E-state index contributed by atoms with van der Waals surface area (Å²) >= 11 is 1.57. The molecule has 0 saturated heterocycles. The van der Waals surface area contributed by atoms with Crippen LogP contribution in [-0.4, -0.2) is 16.1 Å². The van der Waals surface area contributed by atoms with Crippen molar-refractivity contribution in [1.29, 1.82) is 0 Å². The minimum Gasteiger partial charge on any atom is -0.305 e. The third-order valence-corrected chi connectivity index (χ3v) is 3.94. The van der Waals surface area contributed by atoms with E-state index in [0.717, 1.165) is 22.2 Å². The summed E-state index contributed by atoms with van der Waals surface area (Å²) in [4.78, 5) is 12.2. The van der Waals surface area contributed by atoms with Gasteiger partial charge in [-0.15, -0.1) is 11.3 Å². The first kappa shape index (κ1) is 11.9. The molecule has 0 bridgehead atoms. The van der Waals surface area contributed by atoms with Crippen molar-refractivity contribution >= 4 is 33.1 Å². The number of anilines is 1. The number of hydrogen-bond acceptors (Lipinski definition) is 3. The number of amides is 1. The molecule has 1 amide bonds. The second kappa shape index (κ2) is 4.85. The van der Waals surface area contributed by atoms with Crippen molar-refractivity contribution in [3.8, 4) is 0 Å². The second-order valence-corrected chi connectivity index (χ2v) is 5.14. The fourth-order valence-electron chi connectivity index (χ4n) is 1.94. The van der Waals surface area contributed by atoms with E-state index in [0.29, 0.717) is 11.4 Å². The number of benzene rings is 1. The van der Waals surface area contributed by atoms with Gasteiger partial charge in [-0.2, -0.15) is 5.10 Å². The van der Waals surface area contributed by atoms with Gasteiger partial charge in [0.25, 0.3) is 5.91 Å². The molecular weight excluding hydrogens is 258 g/mol. The molecule has 0 unspecified atom stereocenters. The van der Waals surface area contributed by atoms with E-state index < -0.39 is 0 Å². The third-order valence-electron chi connectivity index (χ3n) is 2.98. The van der Waals surface area contributed by atoms with Gasteiger partial charge in [0.2, 0.25) is 0 Å². The molecule has 96 valence electrons. The largest absolute Gasteiger partial charge is 0.305 e. The van der Waals surface area contributed by atoms with E-state index in [1.54, 1.807) is 11.3 Å². The zero-order valence-electron chi connectivity index (χ0n) is 10.4. The quantitative estimate of drug-likeness (QED) is 0.766. The zero-order chi connectivity index (χ0) is 13.2. The van der Waals surface area contributed by atoms with Gasteiger partial charge in [0, 0.05) is 27.2 Å². The number of thiophene rings is 1. The van der Waals surface area contributed by atoms with E-state index in [9.17, 15) is 4.79 Å². The van der Waals surface area contributed by atoms with Crippen molar-refractivity contribution in [1.82, 2.24) is 10.2 Å². The predicted molar refractivity (Wildman–Crippen MR) is 77.7 cm³/mol. The number of aromatic nitrogens is 2. The lowest BCUT2D eigenvalue weighted by atomic mass is 10.1. The summed E-state index contributed by atoms with van der Waals surface area (Å²) in [6.45, 7) is 2.03. The lowest BCUT2D eigenvalue weighted by Crippen LogP contribution is -2.11. The molecule has 5 heteroatoms. The van der Waals surface area contributed by atoms with Crippen LogP contribution in [0, 0.1) is 0 Å². The highest BCUT2D eigenvalue weighted by Gasteiger charge is 2.13. The van der Waals surface area contributed by atoms with E-state index in [1.807, 2.05) is 42.6 Å². The minimum absolute atomic E-state index is 0.119. The van der Waals surface area contributed by atoms with Crippen LogP contribution in [0.15, 0.2) is 35.7 Å². The number of fused-ring (bicyclic) bond motifs is 1. The van der Waals surface area contributed by atoms with Gasteiger partial charge in [-0.05, 0) is 12.5 Å². The monoisotopic (exact) mass is 271 g/mol. The molecule has 0 aliphatic rings. The number of nitrogens with zero attached hydrogens (tertiary/aromatic N) is 1. The molecule has 0 saturated carbocycles. The lowest BCUT2D eigenvalue weighted by molar-refractivity contribution is 0.102. The molecule has 3 rings (SSSR count). The Balaban J connectivity index is 1.87. The molecule has 3 aromatic rings. The summed E-state index contributed by atoms with van der Waals surface area (Å²) in [5, 5.41) is 12.6. The van der Waals surface area contributed by atoms with Gasteiger partial charge in [0.1, 0.15) is 0 Å². The van der Waals surface area contributed by atoms with Gasteiger partial charge in [-0.25, -0.2) is 0 Å². The van der Waals surface area contributed by atoms with Crippen molar-refractivity contribution < 1.29 is 4.79 Å². The van der Waals surface area contributed by atoms with Crippen molar-refractivity contribution in [3.05, 3.63) is 47.0 Å². The molecule has 0 radical (unpaired) electrons. The Labute approximate surface area is 114 Å². The normalized spacial score (nSPS) is 10.8. The average molecular weight is 271 g/mol. The minimum atomic E-state index is -0.119. The maximum Gasteiger partial charge on any atom is 0.258 e. The number of carbonyl (C=O) groups is 1. The highest BCUT2D eigenvalue weighted by molar-refractivity contribution is 7.17. The van der Waals surface area contributed by atoms with Crippen LogP contribution >= 0.6 is 11.3 Å². The molecule has 0 aliphatic heterocycles. The van der Waals surface area contributed by atoms with Gasteiger partial charge in [0.15, 0.2) is 5.82 Å². The van der Waals surface area contributed by atoms with Gasteiger partial charge in [0.05, 0.1) is 5.56 Å². The van der Waals surface area contributed by atoms with Crippen molar-refractivity contribution in [3.63, 3.8) is 0 Å². The van der Waals surface area contributed by atoms with E-state index >= 15 is 0 Å². The topological polar surface area (TPSA) is 57.8 Å². The van der Waals surface area contributed by atoms with E-state index in [2.05, 4.69) is 15.5 Å². The number of nitrogens with one attached hydrogen (secondary N) is 2. The van der Waals surface area contributed by atoms with Crippen molar-refractivity contribution in [2.24, 2.45) is 0 Å². The molecule has 0 atom stereocenters. The van der Waals surface area contributed by atoms with Crippen LogP contribution in [-0.2, 0) is 6.42 Å². The van der Waals surface area contributed by atoms with E-state index in [4.69, 9.17) is 0 Å². The lowest BCUT2D eigenvalue weighted by Gasteiger charge is -2.00. The summed E-state index contributed by atoms with van der Waals surface area (Å²) in [6, 6.07) is 9.74. The van der Waals surface area contributed by atoms with Crippen LogP contribution in [0.2, 0.25) is 0 Å². The van der Waals surface area contributed by atoms with Gasteiger partial charge in [-0.3, -0.25) is 9.89 Å². The zero-order valence-corrected chi connectivity index (χ0v) is 11.3. The maximum atomic E-state index is 12.2. The predicted octanol–water partition coefficient (Wildman–Crippen LogP) is 3.44. The number of rotatable bonds is 3. The van der Waals surface area contributed by atoms with Gasteiger partial charge < -0.3 is 5.32 Å². The van der Waals surface area contributed by atoms with Gasteiger partial charge >= 0.3 is 0 Å². The van der Waals surface area contributed by atoms with E-state index in [-0.39, 0.29) is 5.91 Å². The second-order valence-electron chi connectivity index (χ2n) is 4.23. The van der Waals surface area contributed by atoms with Crippen molar-refractivity contribution in [2.45, 2.75) is 13.3 Å². The number of hydrogen-bond donors (Lipinski definition) is 2. The maximum absolute atomic E-state index is 12.2. The fraction of sp³-hybridized carbons (Fsp3) is 0.143. The molecule has 0 aliphatic carbocycles. The number of H-pyrrole nitrogens is 1. The molecule has 2 aromatic heterocycles. The average Bonchev–Trinajstić information content (AvgIpc) is 3.04. The Morgan fingerprint density at radius 2 is 2.26 bits per heavy atom. The third kappa shape index (κ3) is 2.24. The highest BCUT2D eigenvalue weighted by atomic mass is 32.1. The van der Waals surface area contributed by atoms with E-state index in [1.165, 1.54) is 0 Å². The number of carbonyl (C=O) groups excluding carboxylic acids is 1. The van der Waals surface area contributed by atoms with Crippen LogP contribution in [0.25, 0.3) is 10.1 Å². The molecule has 19 heavy (non-hydrogen) atoms. The molecule has 0 spiro atoms. The number of aromatic amines is 1. The summed E-state index contributed by atoms with van der Waals surface area (Å²) in [6.07, 6.45) is 0.865. The summed E-state index contributed by atoms with van der Waals surface area (Å²) in [7, 11) is 0. The molecular formula is C14H13N3OS. The Bertz CT molecular complexity index is 729. The highest BCUT2D eigenvalue weighted by Crippen LogP contribution is 2.26. The van der Waals surface area contributed by atoms with Crippen LogP contribution in [0.3, 0.4) is 0 Å². The fourth-order valence-corrected chi connectivity index (χ4v) is 2.88. The first-order valence-corrected chi connectivity index (χ1v) is 6.97. The standard InChI is InChI=1S/C14H13N3OS/c1-2-9-7-13(17-16-9)15-14(18)11-8-19-12-6-4-3-5-10(11)12/h3-8H,2H2,1H3,(H2,15,16,17,18). The van der Waals surface area contributed by atoms with Crippen molar-refractivity contribution in [2.75, 3.05) is 5.32 Å². The van der Waals surface area contributed by atoms with Gasteiger partial charge in [-0.1, -0.05) is 25.1 Å². The molecule has 1 aromatic carbocycles. The Kier molecular flexibility index (Phi) is 3.05. The summed E-state index contributed by atoms with van der Waals surface area (Å²) < 4.78 is 1.11. The van der Waals surface area contributed by atoms with Crippen LogP contribution < -0.4 is 5.32 Å². The Morgan fingerprint density at radius 3 is 3.05 bits per heavy atom. The summed E-state index contributed by atoms with van der Waals surface area (Å²) in [5.41, 5.74) is 1.70. The summed E-state index contributed by atoms with van der Waals surface area (Å²) in [5.74, 6) is 0.448. The molecule has 0 fully saturated rings. The number of aryl methyl sites for hydroxylation is 1. The molecule has 2 heterocycles. The Hall–Kier alpha value is -2.14. The smallest absolute Gasteiger partial charge is 0.258 e. The SMILES string of the molecule is CCc1cc(NC(=O)c2csc3ccccc23)n[nH]1. The first-order valence-electron chi connectivity index (χ1n) is 6.10. The molecule has 2 N–H and O–H groups in total.